The molecule has 4 rings (SSSR count). The first-order valence-corrected chi connectivity index (χ1v) is 15.5. The van der Waals surface area contributed by atoms with Gasteiger partial charge in [0, 0.05) is 5.41 Å². The van der Waals surface area contributed by atoms with Crippen molar-refractivity contribution >= 4 is 12.0 Å². The van der Waals surface area contributed by atoms with Crippen molar-refractivity contribution in [3.05, 3.63) is 100 Å². The van der Waals surface area contributed by atoms with Gasteiger partial charge >= 0.3 is 5.97 Å². The Bertz CT molecular complexity index is 1310. The number of aryl methyl sites for hydroxylation is 2. The highest BCUT2D eigenvalue weighted by atomic mass is 16.5. The summed E-state index contributed by atoms with van der Waals surface area (Å²) in [5.41, 5.74) is 8.96. The molecule has 0 heterocycles. The van der Waals surface area contributed by atoms with Gasteiger partial charge in [-0.15, -0.1) is 0 Å². The summed E-state index contributed by atoms with van der Waals surface area (Å²) < 4.78 is 4.79. The number of aliphatic hydroxyl groups is 1. The third-order valence-electron chi connectivity index (χ3n) is 8.94. The molecule has 0 saturated heterocycles. The first-order valence-electron chi connectivity index (χ1n) is 15.5. The molecule has 1 fully saturated rings. The van der Waals surface area contributed by atoms with Crippen LogP contribution in [0.25, 0.3) is 17.2 Å². The van der Waals surface area contributed by atoms with Crippen LogP contribution >= 0.6 is 0 Å². The number of carbonyl (C=O) groups excluding carboxylic acids is 1. The van der Waals surface area contributed by atoms with E-state index < -0.39 is 5.60 Å². The summed E-state index contributed by atoms with van der Waals surface area (Å²) in [6, 6.07) is 21.9. The second-order valence-corrected chi connectivity index (χ2v) is 11.3. The molecule has 0 radical (unpaired) electrons. The second kappa shape index (κ2) is 14.6. The van der Waals surface area contributed by atoms with Gasteiger partial charge in [-0.05, 0) is 84.0 Å². The van der Waals surface area contributed by atoms with Crippen LogP contribution in [0.15, 0.2) is 66.7 Å². The Labute approximate surface area is 248 Å². The van der Waals surface area contributed by atoms with Crippen LogP contribution in [0.5, 0.6) is 0 Å². The van der Waals surface area contributed by atoms with E-state index in [0.717, 1.165) is 49.7 Å². The zero-order valence-electron chi connectivity index (χ0n) is 26.3. The van der Waals surface area contributed by atoms with E-state index in [0.29, 0.717) is 6.42 Å². The highest BCUT2D eigenvalue weighted by molar-refractivity contribution is 5.73. The number of hydrogen-bond donors (Lipinski definition) is 1. The van der Waals surface area contributed by atoms with Crippen LogP contribution in [-0.2, 0) is 21.4 Å². The molecule has 0 aromatic heterocycles. The first-order chi connectivity index (χ1) is 19.7. The van der Waals surface area contributed by atoms with Crippen LogP contribution in [0.3, 0.4) is 0 Å². The molecule has 0 spiro atoms. The number of ether oxygens (including phenoxy) is 1. The van der Waals surface area contributed by atoms with Crippen LogP contribution in [0.2, 0.25) is 0 Å². The van der Waals surface area contributed by atoms with Crippen molar-refractivity contribution in [3.63, 3.8) is 0 Å². The number of esters is 1. The summed E-state index contributed by atoms with van der Waals surface area (Å²) in [7, 11) is 1.42. The SMILES string of the molecule is CC.CCC(CC)(c1ccc(/C=C/C2(O)CCCCC2)c(C)c1)c1ccc(-c2ccc(CC(=O)OC)cc2)c(C)c1. The third-order valence-corrected chi connectivity index (χ3v) is 8.94. The molecule has 1 aliphatic rings. The van der Waals surface area contributed by atoms with E-state index in [1.165, 1.54) is 46.9 Å². The van der Waals surface area contributed by atoms with Crippen LogP contribution < -0.4 is 0 Å². The summed E-state index contributed by atoms with van der Waals surface area (Å²) in [5.74, 6) is -0.223. The number of methoxy groups -OCH3 is 1. The maximum atomic E-state index is 11.6. The molecule has 1 aliphatic carbocycles. The van der Waals surface area contributed by atoms with E-state index in [9.17, 15) is 9.90 Å². The fraction of sp³-hybridized carbons (Fsp3) is 0.447. The molecule has 1 N–H and O–H groups in total. The van der Waals surface area contributed by atoms with Gasteiger partial charge in [-0.2, -0.15) is 0 Å². The minimum Gasteiger partial charge on any atom is -0.469 e. The molecule has 3 heteroatoms. The van der Waals surface area contributed by atoms with Crippen molar-refractivity contribution in [1.82, 2.24) is 0 Å². The van der Waals surface area contributed by atoms with E-state index in [1.807, 2.05) is 32.1 Å². The van der Waals surface area contributed by atoms with Crippen LogP contribution in [0.1, 0.15) is 106 Å². The van der Waals surface area contributed by atoms with Gasteiger partial charge < -0.3 is 9.84 Å². The third kappa shape index (κ3) is 7.57. The molecule has 1 saturated carbocycles. The topological polar surface area (TPSA) is 46.5 Å². The Kier molecular flexibility index (Phi) is 11.5. The van der Waals surface area contributed by atoms with Gasteiger partial charge in [-0.1, -0.05) is 120 Å². The Hall–Kier alpha value is -3.17. The maximum absolute atomic E-state index is 11.6. The van der Waals surface area contributed by atoms with Gasteiger partial charge in [0.25, 0.3) is 0 Å². The highest BCUT2D eigenvalue weighted by Gasteiger charge is 2.31. The lowest BCUT2D eigenvalue weighted by Gasteiger charge is -2.34. The van der Waals surface area contributed by atoms with Crippen molar-refractivity contribution in [1.29, 1.82) is 0 Å². The lowest BCUT2D eigenvalue weighted by molar-refractivity contribution is -0.139. The highest BCUT2D eigenvalue weighted by Crippen LogP contribution is 2.41. The summed E-state index contributed by atoms with van der Waals surface area (Å²) in [4.78, 5) is 11.6. The van der Waals surface area contributed by atoms with E-state index in [1.54, 1.807) is 0 Å². The molecular formula is C38H50O3. The molecule has 41 heavy (non-hydrogen) atoms. The summed E-state index contributed by atoms with van der Waals surface area (Å²) >= 11 is 0. The molecule has 220 valence electrons. The molecule has 3 nitrogen and oxygen atoms in total. The molecule has 3 aromatic rings. The first kappa shape index (κ1) is 32.3. The fourth-order valence-corrected chi connectivity index (χ4v) is 6.30. The molecule has 3 aromatic carbocycles. The predicted molar refractivity (Wildman–Crippen MR) is 173 cm³/mol. The van der Waals surface area contributed by atoms with E-state index in [2.05, 4.69) is 82.3 Å². The van der Waals surface area contributed by atoms with Crippen molar-refractivity contribution < 1.29 is 14.6 Å². The van der Waals surface area contributed by atoms with Gasteiger partial charge in [0.05, 0.1) is 19.1 Å². The van der Waals surface area contributed by atoms with Crippen LogP contribution in [0.4, 0.5) is 0 Å². The Morgan fingerprint density at radius 1 is 0.878 bits per heavy atom. The average Bonchev–Trinajstić information content (AvgIpc) is 2.99. The van der Waals surface area contributed by atoms with Gasteiger partial charge in [-0.3, -0.25) is 4.79 Å². The summed E-state index contributed by atoms with van der Waals surface area (Å²) in [6.07, 6.45) is 11.6. The molecule has 0 unspecified atom stereocenters. The zero-order chi connectivity index (χ0) is 30.0. The van der Waals surface area contributed by atoms with E-state index in [-0.39, 0.29) is 11.4 Å². The predicted octanol–water partition coefficient (Wildman–Crippen LogP) is 9.53. The van der Waals surface area contributed by atoms with Gasteiger partial charge in [0.1, 0.15) is 0 Å². The minimum atomic E-state index is -0.652. The fourth-order valence-electron chi connectivity index (χ4n) is 6.30. The maximum Gasteiger partial charge on any atom is 0.309 e. The van der Waals surface area contributed by atoms with E-state index >= 15 is 0 Å². The molecule has 0 aliphatic heterocycles. The van der Waals surface area contributed by atoms with E-state index in [4.69, 9.17) is 4.74 Å². The zero-order valence-corrected chi connectivity index (χ0v) is 26.3. The van der Waals surface area contributed by atoms with Crippen molar-refractivity contribution in [3.8, 4) is 11.1 Å². The standard InChI is InChI=1S/C36H44O3.C2H6/c1-6-36(7-2,31-16-15-29(26(3)23-31)19-22-35(38)20-9-8-10-21-35)32-17-18-33(27(4)24-32)30-13-11-28(12-14-30)25-34(37)39-5;1-2/h11-19,22-24,38H,6-10,20-21,25H2,1-5H3;1-2H3/b22-19+;. The van der Waals surface area contributed by atoms with Crippen molar-refractivity contribution in [2.24, 2.45) is 0 Å². The van der Waals surface area contributed by atoms with Crippen molar-refractivity contribution in [2.45, 2.75) is 104 Å². The van der Waals surface area contributed by atoms with Gasteiger partial charge in [-0.25, -0.2) is 0 Å². The Morgan fingerprint density at radius 3 is 2.00 bits per heavy atom. The molecule has 0 bridgehead atoms. The summed E-state index contributed by atoms with van der Waals surface area (Å²) in [6.45, 7) is 12.9. The number of benzene rings is 3. The van der Waals surface area contributed by atoms with Gasteiger partial charge in [0.15, 0.2) is 0 Å². The number of hydrogen-bond acceptors (Lipinski definition) is 3. The Balaban J connectivity index is 0.00000226. The minimum absolute atomic E-state index is 0.0672. The Morgan fingerprint density at radius 2 is 1.46 bits per heavy atom. The number of carbonyl (C=O) groups is 1. The van der Waals surface area contributed by atoms with Crippen LogP contribution in [0, 0.1) is 13.8 Å². The lowest BCUT2D eigenvalue weighted by atomic mass is 9.69. The lowest BCUT2D eigenvalue weighted by Crippen LogP contribution is -2.28. The van der Waals surface area contributed by atoms with Crippen molar-refractivity contribution in [2.75, 3.05) is 7.11 Å². The smallest absolute Gasteiger partial charge is 0.309 e. The molecule has 0 atom stereocenters. The normalized spacial score (nSPS) is 14.8. The van der Waals surface area contributed by atoms with Gasteiger partial charge in [0.2, 0.25) is 0 Å². The largest absolute Gasteiger partial charge is 0.469 e. The average molecular weight is 555 g/mol. The monoisotopic (exact) mass is 554 g/mol. The molecule has 0 amide bonds. The van der Waals surface area contributed by atoms with Crippen LogP contribution in [-0.4, -0.2) is 23.8 Å². The molecular weight excluding hydrogens is 504 g/mol. The second-order valence-electron chi connectivity index (χ2n) is 11.3. The number of rotatable bonds is 9. The quantitative estimate of drug-likeness (QED) is 0.268. The summed E-state index contributed by atoms with van der Waals surface area (Å²) in [5, 5.41) is 10.9.